The maximum atomic E-state index is 13.3. The number of benzene rings is 2. The van der Waals surface area contributed by atoms with Crippen LogP contribution in [0.4, 0.5) is 0 Å². The number of ether oxygens (including phenoxy) is 1. The van der Waals surface area contributed by atoms with Crippen molar-refractivity contribution in [2.24, 2.45) is 0 Å². The summed E-state index contributed by atoms with van der Waals surface area (Å²) in [6.45, 7) is 2.49. The van der Waals surface area contributed by atoms with E-state index in [1.54, 1.807) is 12.1 Å². The summed E-state index contributed by atoms with van der Waals surface area (Å²) in [4.78, 5) is 27.5. The standard InChI is InChI=1S/C23H21NO5/c1-14-7-9-15(10-8-14)20-19(22(26)23(27)24(20)11-12-28-2)21(25)18-13-16-5-3-4-6-17(16)29-18/h3-10,13,20,26H,11-12H2,1-2H3. The highest BCUT2D eigenvalue weighted by Crippen LogP contribution is 2.39. The van der Waals surface area contributed by atoms with Crippen molar-refractivity contribution >= 4 is 22.7 Å². The van der Waals surface area contributed by atoms with Gasteiger partial charge in [-0.1, -0.05) is 48.0 Å². The second-order valence-electron chi connectivity index (χ2n) is 7.04. The number of methoxy groups -OCH3 is 1. The molecule has 0 fully saturated rings. The zero-order valence-corrected chi connectivity index (χ0v) is 16.2. The van der Waals surface area contributed by atoms with E-state index in [4.69, 9.17) is 9.15 Å². The number of amides is 1. The average Bonchev–Trinajstić information content (AvgIpc) is 3.26. The Balaban J connectivity index is 1.79. The molecule has 1 aromatic heterocycles. The molecule has 1 aliphatic heterocycles. The Morgan fingerprint density at radius 1 is 1.17 bits per heavy atom. The summed E-state index contributed by atoms with van der Waals surface area (Å²) in [7, 11) is 1.54. The number of aliphatic hydroxyl groups excluding tert-OH is 1. The van der Waals surface area contributed by atoms with E-state index in [1.807, 2.05) is 49.4 Å². The number of carbonyl (C=O) groups is 2. The number of Topliss-reactive ketones (excluding diaryl/α,β-unsaturated/α-hetero) is 1. The average molecular weight is 391 g/mol. The lowest BCUT2D eigenvalue weighted by Crippen LogP contribution is -2.34. The zero-order valence-electron chi connectivity index (χ0n) is 16.2. The number of fused-ring (bicyclic) bond motifs is 1. The number of hydrogen-bond donors (Lipinski definition) is 1. The van der Waals surface area contributed by atoms with E-state index in [9.17, 15) is 14.7 Å². The molecule has 0 saturated heterocycles. The fourth-order valence-corrected chi connectivity index (χ4v) is 3.63. The van der Waals surface area contributed by atoms with Gasteiger partial charge in [0, 0.05) is 19.0 Å². The molecule has 0 bridgehead atoms. The van der Waals surface area contributed by atoms with Gasteiger partial charge in [0.05, 0.1) is 18.2 Å². The Labute approximate surface area is 168 Å². The number of aryl methyl sites for hydroxylation is 1. The van der Waals surface area contributed by atoms with E-state index in [2.05, 4.69) is 0 Å². The van der Waals surface area contributed by atoms with Crippen LogP contribution in [0, 0.1) is 6.92 Å². The number of furan rings is 1. The molecule has 2 heterocycles. The van der Waals surface area contributed by atoms with Gasteiger partial charge in [-0.3, -0.25) is 9.59 Å². The number of para-hydroxylation sites is 1. The molecule has 0 radical (unpaired) electrons. The summed E-state index contributed by atoms with van der Waals surface area (Å²) in [5.41, 5.74) is 2.39. The predicted octanol–water partition coefficient (Wildman–Crippen LogP) is 3.97. The quantitative estimate of drug-likeness (QED) is 0.643. The van der Waals surface area contributed by atoms with Crippen molar-refractivity contribution in [3.8, 4) is 0 Å². The molecule has 1 N–H and O–H groups in total. The lowest BCUT2D eigenvalue weighted by molar-refractivity contribution is -0.130. The van der Waals surface area contributed by atoms with Gasteiger partial charge in [0.1, 0.15) is 5.58 Å². The van der Waals surface area contributed by atoms with Crippen LogP contribution in [-0.4, -0.2) is 42.0 Å². The molecule has 0 saturated carbocycles. The number of ketones is 1. The van der Waals surface area contributed by atoms with Crippen molar-refractivity contribution in [3.05, 3.63) is 82.8 Å². The van der Waals surface area contributed by atoms with E-state index < -0.39 is 23.5 Å². The molecule has 1 aliphatic rings. The zero-order chi connectivity index (χ0) is 20.5. The van der Waals surface area contributed by atoms with E-state index in [1.165, 1.54) is 12.0 Å². The molecule has 2 aromatic carbocycles. The van der Waals surface area contributed by atoms with Gasteiger partial charge in [-0.2, -0.15) is 0 Å². The minimum absolute atomic E-state index is 0.0222. The van der Waals surface area contributed by atoms with Crippen LogP contribution in [0.2, 0.25) is 0 Å². The molecule has 1 amide bonds. The maximum Gasteiger partial charge on any atom is 0.290 e. The topological polar surface area (TPSA) is 80.0 Å². The minimum Gasteiger partial charge on any atom is -0.503 e. The summed E-state index contributed by atoms with van der Waals surface area (Å²) in [5, 5.41) is 11.4. The van der Waals surface area contributed by atoms with Crippen molar-refractivity contribution in [3.63, 3.8) is 0 Å². The van der Waals surface area contributed by atoms with Crippen LogP contribution in [-0.2, 0) is 9.53 Å². The number of aliphatic hydroxyl groups is 1. The largest absolute Gasteiger partial charge is 0.503 e. The second-order valence-corrected chi connectivity index (χ2v) is 7.04. The van der Waals surface area contributed by atoms with Crippen LogP contribution in [0.5, 0.6) is 0 Å². The Morgan fingerprint density at radius 2 is 1.90 bits per heavy atom. The monoisotopic (exact) mass is 391 g/mol. The smallest absolute Gasteiger partial charge is 0.290 e. The van der Waals surface area contributed by atoms with E-state index in [0.717, 1.165) is 16.5 Å². The number of hydrogen-bond acceptors (Lipinski definition) is 5. The number of nitrogens with zero attached hydrogens (tertiary/aromatic N) is 1. The van der Waals surface area contributed by atoms with Gasteiger partial charge in [-0.25, -0.2) is 0 Å². The highest BCUT2D eigenvalue weighted by molar-refractivity contribution is 6.16. The molecule has 0 aliphatic carbocycles. The predicted molar refractivity (Wildman–Crippen MR) is 108 cm³/mol. The molecule has 148 valence electrons. The lowest BCUT2D eigenvalue weighted by Gasteiger charge is -2.26. The van der Waals surface area contributed by atoms with Gasteiger partial charge >= 0.3 is 0 Å². The van der Waals surface area contributed by atoms with Gasteiger partial charge in [-0.15, -0.1) is 0 Å². The van der Waals surface area contributed by atoms with Crippen LogP contribution in [0.3, 0.4) is 0 Å². The van der Waals surface area contributed by atoms with Crippen LogP contribution < -0.4 is 0 Å². The van der Waals surface area contributed by atoms with E-state index in [-0.39, 0.29) is 24.5 Å². The van der Waals surface area contributed by atoms with Crippen molar-refractivity contribution in [1.29, 1.82) is 0 Å². The maximum absolute atomic E-state index is 13.3. The third-order valence-corrected chi connectivity index (χ3v) is 5.13. The highest BCUT2D eigenvalue weighted by atomic mass is 16.5. The Morgan fingerprint density at radius 3 is 2.59 bits per heavy atom. The van der Waals surface area contributed by atoms with Crippen molar-refractivity contribution in [1.82, 2.24) is 4.90 Å². The van der Waals surface area contributed by atoms with Gasteiger partial charge in [0.15, 0.2) is 11.5 Å². The molecule has 6 nitrogen and oxygen atoms in total. The third kappa shape index (κ3) is 3.32. The van der Waals surface area contributed by atoms with Crippen molar-refractivity contribution < 1.29 is 23.8 Å². The first-order valence-electron chi connectivity index (χ1n) is 9.34. The highest BCUT2D eigenvalue weighted by Gasteiger charge is 2.44. The molecule has 6 heteroatoms. The van der Waals surface area contributed by atoms with Crippen LogP contribution in [0.1, 0.15) is 27.7 Å². The Kier molecular flexibility index (Phi) is 4.94. The molecule has 0 spiro atoms. The van der Waals surface area contributed by atoms with Gasteiger partial charge in [0.2, 0.25) is 5.78 Å². The van der Waals surface area contributed by atoms with Gasteiger partial charge in [-0.05, 0) is 24.6 Å². The number of carbonyl (C=O) groups excluding carboxylic acids is 2. The van der Waals surface area contributed by atoms with Crippen LogP contribution in [0.25, 0.3) is 11.0 Å². The van der Waals surface area contributed by atoms with Gasteiger partial charge < -0.3 is 19.2 Å². The SMILES string of the molecule is COCCN1C(=O)C(O)=C(C(=O)c2cc3ccccc3o2)C1c1ccc(C)cc1. The summed E-state index contributed by atoms with van der Waals surface area (Å²) in [6, 6.07) is 15.7. The van der Waals surface area contributed by atoms with Crippen molar-refractivity contribution in [2.75, 3.05) is 20.3 Å². The summed E-state index contributed by atoms with van der Waals surface area (Å²) in [5.74, 6) is -1.55. The molecular weight excluding hydrogens is 370 g/mol. The van der Waals surface area contributed by atoms with E-state index >= 15 is 0 Å². The second kappa shape index (κ2) is 7.56. The molecule has 1 atom stereocenters. The first-order valence-corrected chi connectivity index (χ1v) is 9.34. The normalized spacial score (nSPS) is 16.8. The molecule has 3 aromatic rings. The molecule has 4 rings (SSSR count). The Bertz CT molecular complexity index is 1080. The summed E-state index contributed by atoms with van der Waals surface area (Å²) in [6.07, 6.45) is 0. The van der Waals surface area contributed by atoms with Crippen LogP contribution in [0.15, 0.2) is 70.3 Å². The number of rotatable bonds is 6. The summed E-state index contributed by atoms with van der Waals surface area (Å²) < 4.78 is 10.8. The van der Waals surface area contributed by atoms with E-state index in [0.29, 0.717) is 5.58 Å². The van der Waals surface area contributed by atoms with Crippen molar-refractivity contribution in [2.45, 2.75) is 13.0 Å². The minimum atomic E-state index is -0.709. The fraction of sp³-hybridized carbons (Fsp3) is 0.217. The third-order valence-electron chi connectivity index (χ3n) is 5.13. The summed E-state index contributed by atoms with van der Waals surface area (Å²) >= 11 is 0. The fourth-order valence-electron chi connectivity index (χ4n) is 3.63. The lowest BCUT2D eigenvalue weighted by atomic mass is 9.94. The van der Waals surface area contributed by atoms with Gasteiger partial charge in [0.25, 0.3) is 5.91 Å². The first kappa shape index (κ1) is 19.0. The molecule has 29 heavy (non-hydrogen) atoms. The first-order chi connectivity index (χ1) is 14.0. The Hall–Kier alpha value is -3.38. The van der Waals surface area contributed by atoms with Crippen LogP contribution >= 0.6 is 0 Å². The molecular formula is C23H21NO5. The molecule has 1 unspecified atom stereocenters.